The lowest BCUT2D eigenvalue weighted by Crippen LogP contribution is -2.39. The molecule has 0 atom stereocenters. The number of hydrazone groups is 1. The summed E-state index contributed by atoms with van der Waals surface area (Å²) in [6, 6.07) is 16.5. The Balaban J connectivity index is 1.93. The zero-order chi connectivity index (χ0) is 25.6. The molecule has 0 heterocycles. The second-order valence-corrected chi connectivity index (χ2v) is 9.47. The number of carbonyl (C=O) groups excluding carboxylic acids is 1. The molecule has 3 aromatic carbocycles. The summed E-state index contributed by atoms with van der Waals surface area (Å²) in [6.07, 6.45) is 0. The number of methoxy groups -OCH3 is 2. The summed E-state index contributed by atoms with van der Waals surface area (Å²) in [6.45, 7) is 2.94. The van der Waals surface area contributed by atoms with E-state index in [1.54, 1.807) is 25.1 Å². The number of halogens is 1. The number of nitrogens with one attached hydrogen (secondary N) is 1. The zero-order valence-corrected chi connectivity index (χ0v) is 20.6. The molecule has 10 heteroatoms. The summed E-state index contributed by atoms with van der Waals surface area (Å²) in [4.78, 5) is 12.8. The number of benzene rings is 3. The van der Waals surface area contributed by atoms with Gasteiger partial charge in [-0.05, 0) is 55.8 Å². The van der Waals surface area contributed by atoms with Crippen LogP contribution in [0.1, 0.15) is 18.1 Å². The van der Waals surface area contributed by atoms with E-state index in [0.29, 0.717) is 22.8 Å². The third-order valence-electron chi connectivity index (χ3n) is 5.16. The number of ether oxygens (including phenoxy) is 2. The van der Waals surface area contributed by atoms with Gasteiger partial charge in [-0.1, -0.05) is 29.8 Å². The van der Waals surface area contributed by atoms with Crippen molar-refractivity contribution in [3.05, 3.63) is 83.7 Å². The topological polar surface area (TPSA) is 97.3 Å². The molecule has 184 valence electrons. The molecule has 3 rings (SSSR count). The number of nitrogens with zero attached hydrogens (tertiary/aromatic N) is 2. The van der Waals surface area contributed by atoms with Crippen LogP contribution in [-0.4, -0.2) is 40.8 Å². The van der Waals surface area contributed by atoms with Crippen molar-refractivity contribution in [1.82, 2.24) is 5.43 Å². The minimum absolute atomic E-state index is 0.0247. The van der Waals surface area contributed by atoms with Gasteiger partial charge in [-0.2, -0.15) is 5.10 Å². The van der Waals surface area contributed by atoms with Crippen molar-refractivity contribution in [2.45, 2.75) is 18.7 Å². The van der Waals surface area contributed by atoms with Crippen molar-refractivity contribution in [2.75, 3.05) is 25.1 Å². The van der Waals surface area contributed by atoms with E-state index in [9.17, 15) is 17.6 Å². The highest BCUT2D eigenvalue weighted by Gasteiger charge is 2.28. The lowest BCUT2D eigenvalue weighted by molar-refractivity contribution is -0.119. The predicted octanol–water partition coefficient (Wildman–Crippen LogP) is 3.89. The average Bonchev–Trinajstić information content (AvgIpc) is 2.86. The van der Waals surface area contributed by atoms with Crippen molar-refractivity contribution in [1.29, 1.82) is 0 Å². The van der Waals surface area contributed by atoms with E-state index in [1.165, 1.54) is 62.8 Å². The molecule has 0 aliphatic carbocycles. The third kappa shape index (κ3) is 6.15. The Hall–Kier alpha value is -3.92. The van der Waals surface area contributed by atoms with Crippen LogP contribution in [0.3, 0.4) is 0 Å². The SMILES string of the molecule is COc1ccc(N(CC(=O)N/N=C(\C)c2ccc(F)cc2)S(=O)(=O)c2ccc(C)cc2)cc1OC. The van der Waals surface area contributed by atoms with Gasteiger partial charge in [0.2, 0.25) is 0 Å². The standard InChI is InChI=1S/C25H26FN3O5S/c1-17-5-12-22(13-6-17)35(31,32)29(21-11-14-23(33-3)24(15-21)34-4)16-25(30)28-27-18(2)19-7-9-20(26)10-8-19/h5-15H,16H2,1-4H3,(H,28,30)/b27-18+. The maximum atomic E-state index is 13.5. The van der Waals surface area contributed by atoms with E-state index in [0.717, 1.165) is 9.87 Å². The van der Waals surface area contributed by atoms with Gasteiger partial charge < -0.3 is 9.47 Å². The largest absolute Gasteiger partial charge is 0.493 e. The zero-order valence-electron chi connectivity index (χ0n) is 19.8. The monoisotopic (exact) mass is 499 g/mol. The van der Waals surface area contributed by atoms with Crippen LogP contribution in [-0.2, 0) is 14.8 Å². The van der Waals surface area contributed by atoms with E-state index in [-0.39, 0.29) is 10.6 Å². The summed E-state index contributed by atoms with van der Waals surface area (Å²) in [5.41, 5.74) is 4.51. The molecule has 0 aliphatic rings. The van der Waals surface area contributed by atoms with Gasteiger partial charge in [-0.3, -0.25) is 9.10 Å². The fourth-order valence-electron chi connectivity index (χ4n) is 3.20. The van der Waals surface area contributed by atoms with Gasteiger partial charge in [0, 0.05) is 6.07 Å². The molecule has 0 fully saturated rings. The summed E-state index contributed by atoms with van der Waals surface area (Å²) < 4.78 is 51.7. The minimum Gasteiger partial charge on any atom is -0.493 e. The average molecular weight is 500 g/mol. The van der Waals surface area contributed by atoms with Crippen LogP contribution in [0.4, 0.5) is 10.1 Å². The molecule has 0 unspecified atom stereocenters. The number of amides is 1. The van der Waals surface area contributed by atoms with Gasteiger partial charge >= 0.3 is 0 Å². The summed E-state index contributed by atoms with van der Waals surface area (Å²) in [5, 5.41) is 4.03. The number of sulfonamides is 1. The first-order chi connectivity index (χ1) is 16.6. The van der Waals surface area contributed by atoms with Crippen molar-refractivity contribution in [3.8, 4) is 11.5 Å². The lowest BCUT2D eigenvalue weighted by atomic mass is 10.1. The van der Waals surface area contributed by atoms with Crippen LogP contribution in [0.5, 0.6) is 11.5 Å². The third-order valence-corrected chi connectivity index (χ3v) is 6.95. The Bertz CT molecular complexity index is 1320. The number of anilines is 1. The van der Waals surface area contributed by atoms with Crippen molar-refractivity contribution in [2.24, 2.45) is 5.10 Å². The lowest BCUT2D eigenvalue weighted by Gasteiger charge is -2.24. The Morgan fingerprint density at radius 1 is 0.971 bits per heavy atom. The van der Waals surface area contributed by atoms with Crippen molar-refractivity contribution >= 4 is 27.3 Å². The van der Waals surface area contributed by atoms with Gasteiger partial charge in [0.15, 0.2) is 11.5 Å². The molecule has 0 spiro atoms. The summed E-state index contributed by atoms with van der Waals surface area (Å²) in [7, 11) is -1.22. The second kappa shape index (κ2) is 11.0. The quantitative estimate of drug-likeness (QED) is 0.356. The molecule has 35 heavy (non-hydrogen) atoms. The molecular weight excluding hydrogens is 473 g/mol. The summed E-state index contributed by atoms with van der Waals surface area (Å²) in [5.74, 6) is -0.345. The van der Waals surface area contributed by atoms with E-state index < -0.39 is 28.3 Å². The fourth-order valence-corrected chi connectivity index (χ4v) is 4.61. The van der Waals surface area contributed by atoms with E-state index >= 15 is 0 Å². The first-order valence-electron chi connectivity index (χ1n) is 10.6. The highest BCUT2D eigenvalue weighted by atomic mass is 32.2. The van der Waals surface area contributed by atoms with Crippen LogP contribution in [0.15, 0.2) is 76.7 Å². The normalized spacial score (nSPS) is 11.6. The van der Waals surface area contributed by atoms with Gasteiger partial charge in [0.05, 0.1) is 30.5 Å². The highest BCUT2D eigenvalue weighted by molar-refractivity contribution is 7.92. The van der Waals surface area contributed by atoms with Gasteiger partial charge in [0.1, 0.15) is 12.4 Å². The van der Waals surface area contributed by atoms with Crippen LogP contribution in [0.25, 0.3) is 0 Å². The molecule has 0 radical (unpaired) electrons. The number of carbonyl (C=O) groups is 1. The molecule has 3 aromatic rings. The molecule has 1 amide bonds. The predicted molar refractivity (Wildman–Crippen MR) is 132 cm³/mol. The first kappa shape index (κ1) is 25.7. The van der Waals surface area contributed by atoms with E-state index in [2.05, 4.69) is 10.5 Å². The Morgan fingerprint density at radius 3 is 2.20 bits per heavy atom. The molecular formula is C25H26FN3O5S. The molecule has 0 saturated carbocycles. The maximum Gasteiger partial charge on any atom is 0.264 e. The van der Waals surface area contributed by atoms with Gasteiger partial charge in [-0.25, -0.2) is 18.2 Å². The molecule has 0 saturated heterocycles. The Morgan fingerprint density at radius 2 is 1.60 bits per heavy atom. The Kier molecular flexibility index (Phi) is 8.08. The molecule has 0 bridgehead atoms. The molecule has 0 aliphatic heterocycles. The van der Waals surface area contributed by atoms with Gasteiger partial charge in [-0.15, -0.1) is 0 Å². The van der Waals surface area contributed by atoms with E-state index in [1.807, 2.05) is 6.92 Å². The molecule has 8 nitrogen and oxygen atoms in total. The minimum atomic E-state index is -4.12. The van der Waals surface area contributed by atoms with E-state index in [4.69, 9.17) is 9.47 Å². The number of aryl methyl sites for hydroxylation is 1. The first-order valence-corrected chi connectivity index (χ1v) is 12.0. The fraction of sp³-hybridized carbons (Fsp3) is 0.200. The summed E-state index contributed by atoms with van der Waals surface area (Å²) >= 11 is 0. The van der Waals surface area contributed by atoms with Crippen molar-refractivity contribution in [3.63, 3.8) is 0 Å². The smallest absolute Gasteiger partial charge is 0.264 e. The number of rotatable bonds is 9. The Labute approximate surface area is 204 Å². The van der Waals surface area contributed by atoms with Crippen LogP contribution >= 0.6 is 0 Å². The number of hydrogen-bond donors (Lipinski definition) is 1. The van der Waals surface area contributed by atoms with Crippen molar-refractivity contribution < 1.29 is 27.1 Å². The van der Waals surface area contributed by atoms with Gasteiger partial charge in [0.25, 0.3) is 15.9 Å². The van der Waals surface area contributed by atoms with Crippen LogP contribution in [0.2, 0.25) is 0 Å². The molecule has 0 aromatic heterocycles. The second-order valence-electron chi connectivity index (χ2n) is 7.60. The van der Waals surface area contributed by atoms with Crippen LogP contribution < -0.4 is 19.2 Å². The number of hydrogen-bond acceptors (Lipinski definition) is 6. The molecule has 1 N–H and O–H groups in total. The van der Waals surface area contributed by atoms with Crippen LogP contribution in [0, 0.1) is 12.7 Å². The highest BCUT2D eigenvalue weighted by Crippen LogP contribution is 2.33. The maximum absolute atomic E-state index is 13.5.